The molecule has 0 aromatic carbocycles. The van der Waals surface area contributed by atoms with Crippen molar-refractivity contribution in [3.8, 4) is 0 Å². The summed E-state index contributed by atoms with van der Waals surface area (Å²) in [5.74, 6) is 0.999. The largest absolute Gasteiger partial charge is 0.384 e. The third-order valence-electron chi connectivity index (χ3n) is 4.58. The summed E-state index contributed by atoms with van der Waals surface area (Å²) in [6.07, 6.45) is 18.9. The zero-order chi connectivity index (χ0) is 15.5. The normalized spacial score (nSPS) is 18.2. The molecular weight excluding hydrogens is 270 g/mol. The summed E-state index contributed by atoms with van der Waals surface area (Å²) in [5.41, 5.74) is 1.23. The standard InChI is InChI=1S/C19H33N3/c1-2-13-20-17-22(15-12-18-8-7-9-18)16-14-21-19-10-5-3-4-6-11-19/h3,5-6,10-11,18,20-21H,2,4,7-9,12-17H2,1H3. The van der Waals surface area contributed by atoms with Crippen molar-refractivity contribution in [1.82, 2.24) is 15.5 Å². The highest BCUT2D eigenvalue weighted by molar-refractivity contribution is 5.25. The molecular formula is C19H33N3. The molecule has 0 atom stereocenters. The molecule has 2 N–H and O–H groups in total. The van der Waals surface area contributed by atoms with Crippen LogP contribution < -0.4 is 10.6 Å². The van der Waals surface area contributed by atoms with E-state index in [2.05, 4.69) is 52.8 Å². The summed E-state index contributed by atoms with van der Waals surface area (Å²) < 4.78 is 0. The maximum atomic E-state index is 3.55. The molecule has 0 amide bonds. The first-order valence-electron chi connectivity index (χ1n) is 9.09. The van der Waals surface area contributed by atoms with Gasteiger partial charge < -0.3 is 10.6 Å². The minimum atomic E-state index is 0.999. The summed E-state index contributed by atoms with van der Waals surface area (Å²) >= 11 is 0. The fraction of sp³-hybridized carbons (Fsp3) is 0.684. The van der Waals surface area contributed by atoms with Gasteiger partial charge >= 0.3 is 0 Å². The van der Waals surface area contributed by atoms with Gasteiger partial charge in [0, 0.05) is 25.5 Å². The Morgan fingerprint density at radius 3 is 2.86 bits per heavy atom. The van der Waals surface area contributed by atoms with E-state index in [0.29, 0.717) is 0 Å². The summed E-state index contributed by atoms with van der Waals surface area (Å²) in [5, 5.41) is 7.10. The van der Waals surface area contributed by atoms with Crippen molar-refractivity contribution in [3.05, 3.63) is 36.1 Å². The van der Waals surface area contributed by atoms with Crippen molar-refractivity contribution >= 4 is 0 Å². The highest BCUT2D eigenvalue weighted by Gasteiger charge is 2.18. The van der Waals surface area contributed by atoms with Gasteiger partial charge in [-0.1, -0.05) is 44.4 Å². The maximum absolute atomic E-state index is 3.55. The van der Waals surface area contributed by atoms with Crippen LogP contribution in [0.25, 0.3) is 0 Å². The van der Waals surface area contributed by atoms with E-state index in [1.165, 1.54) is 44.3 Å². The molecule has 3 nitrogen and oxygen atoms in total. The Kier molecular flexibility index (Phi) is 8.36. The van der Waals surface area contributed by atoms with E-state index in [1.54, 1.807) is 0 Å². The van der Waals surface area contributed by atoms with Crippen molar-refractivity contribution in [2.24, 2.45) is 5.92 Å². The van der Waals surface area contributed by atoms with Crippen molar-refractivity contribution in [3.63, 3.8) is 0 Å². The molecule has 22 heavy (non-hydrogen) atoms. The Balaban J connectivity index is 1.67. The molecule has 0 saturated heterocycles. The Bertz CT molecular complexity index is 380. The molecule has 0 heterocycles. The molecule has 2 aliphatic carbocycles. The van der Waals surface area contributed by atoms with Gasteiger partial charge in [0.25, 0.3) is 0 Å². The molecule has 0 spiro atoms. The molecule has 1 saturated carbocycles. The first-order valence-corrected chi connectivity index (χ1v) is 9.09. The Hall–Kier alpha value is -1.06. The van der Waals surface area contributed by atoms with Crippen molar-refractivity contribution in [2.45, 2.75) is 45.4 Å². The minimum absolute atomic E-state index is 0.999. The van der Waals surface area contributed by atoms with Crippen LogP contribution in [-0.2, 0) is 0 Å². The Labute approximate surface area is 136 Å². The van der Waals surface area contributed by atoms with E-state index in [9.17, 15) is 0 Å². The SMILES string of the molecule is CCCNCN(CCNC1=CC=CCC=C1)CCC1CCC1. The van der Waals surface area contributed by atoms with Crippen molar-refractivity contribution < 1.29 is 0 Å². The van der Waals surface area contributed by atoms with Gasteiger partial charge in [0.2, 0.25) is 0 Å². The fourth-order valence-corrected chi connectivity index (χ4v) is 2.89. The molecule has 0 bridgehead atoms. The van der Waals surface area contributed by atoms with Crippen LogP contribution in [-0.4, -0.2) is 37.7 Å². The highest BCUT2D eigenvalue weighted by atomic mass is 15.2. The number of nitrogens with zero attached hydrogens (tertiary/aromatic N) is 1. The second-order valence-electron chi connectivity index (χ2n) is 6.48. The van der Waals surface area contributed by atoms with E-state index in [0.717, 1.165) is 38.6 Å². The zero-order valence-electron chi connectivity index (χ0n) is 14.2. The monoisotopic (exact) mass is 303 g/mol. The first-order chi connectivity index (χ1) is 10.9. The lowest BCUT2D eigenvalue weighted by molar-refractivity contribution is 0.204. The second kappa shape index (κ2) is 10.6. The molecule has 0 aromatic heterocycles. The fourth-order valence-electron chi connectivity index (χ4n) is 2.89. The van der Waals surface area contributed by atoms with Gasteiger partial charge in [-0.15, -0.1) is 0 Å². The summed E-state index contributed by atoms with van der Waals surface area (Å²) in [4.78, 5) is 2.57. The minimum Gasteiger partial charge on any atom is -0.384 e. The van der Waals surface area contributed by atoms with E-state index < -0.39 is 0 Å². The van der Waals surface area contributed by atoms with Gasteiger partial charge in [0.05, 0.1) is 0 Å². The van der Waals surface area contributed by atoms with Gasteiger partial charge in [-0.05, 0) is 50.4 Å². The van der Waals surface area contributed by atoms with Crippen molar-refractivity contribution in [2.75, 3.05) is 32.8 Å². The lowest BCUT2D eigenvalue weighted by atomic mass is 9.83. The average Bonchev–Trinajstić information content (AvgIpc) is 2.74. The smallest absolute Gasteiger partial charge is 0.0481 e. The molecule has 124 valence electrons. The molecule has 0 unspecified atom stereocenters. The molecule has 3 heteroatoms. The Morgan fingerprint density at radius 1 is 1.18 bits per heavy atom. The van der Waals surface area contributed by atoms with Gasteiger partial charge in [0.1, 0.15) is 0 Å². The van der Waals surface area contributed by atoms with Crippen LogP contribution >= 0.6 is 0 Å². The molecule has 2 aliphatic rings. The second-order valence-corrected chi connectivity index (χ2v) is 6.48. The highest BCUT2D eigenvalue weighted by Crippen LogP contribution is 2.29. The number of nitrogens with one attached hydrogen (secondary N) is 2. The number of allylic oxidation sites excluding steroid dienone is 5. The lowest BCUT2D eigenvalue weighted by Gasteiger charge is -2.29. The van der Waals surface area contributed by atoms with Crippen LogP contribution in [0.5, 0.6) is 0 Å². The van der Waals surface area contributed by atoms with E-state index in [4.69, 9.17) is 0 Å². The molecule has 0 radical (unpaired) electrons. The number of hydrogen-bond acceptors (Lipinski definition) is 3. The first kappa shape index (κ1) is 17.3. The zero-order valence-corrected chi connectivity index (χ0v) is 14.2. The Morgan fingerprint density at radius 2 is 2.09 bits per heavy atom. The predicted octanol–water partition coefficient (Wildman–Crippen LogP) is 3.43. The predicted molar refractivity (Wildman–Crippen MR) is 95.7 cm³/mol. The van der Waals surface area contributed by atoms with Gasteiger partial charge in [-0.25, -0.2) is 0 Å². The van der Waals surface area contributed by atoms with Crippen LogP contribution in [0, 0.1) is 5.92 Å². The van der Waals surface area contributed by atoms with E-state index in [-0.39, 0.29) is 0 Å². The molecule has 0 aromatic rings. The lowest BCUT2D eigenvalue weighted by Crippen LogP contribution is -2.40. The topological polar surface area (TPSA) is 27.3 Å². The van der Waals surface area contributed by atoms with Crippen LogP contribution in [0.15, 0.2) is 36.1 Å². The molecule has 2 rings (SSSR count). The third-order valence-corrected chi connectivity index (χ3v) is 4.58. The summed E-state index contributed by atoms with van der Waals surface area (Å²) in [6.45, 7) is 7.73. The van der Waals surface area contributed by atoms with Gasteiger partial charge in [-0.3, -0.25) is 4.90 Å². The molecule has 1 fully saturated rings. The number of rotatable bonds is 11. The maximum Gasteiger partial charge on any atom is 0.0481 e. The van der Waals surface area contributed by atoms with Crippen molar-refractivity contribution in [1.29, 1.82) is 0 Å². The van der Waals surface area contributed by atoms with Crippen LogP contribution in [0.3, 0.4) is 0 Å². The summed E-state index contributed by atoms with van der Waals surface area (Å²) in [6, 6.07) is 0. The van der Waals surface area contributed by atoms with Gasteiger partial charge in [-0.2, -0.15) is 0 Å². The third kappa shape index (κ3) is 6.80. The van der Waals surface area contributed by atoms with Crippen LogP contribution in [0.2, 0.25) is 0 Å². The quantitative estimate of drug-likeness (QED) is 0.452. The van der Waals surface area contributed by atoms with Gasteiger partial charge in [0.15, 0.2) is 0 Å². The molecule has 0 aliphatic heterocycles. The number of hydrogen-bond donors (Lipinski definition) is 2. The van der Waals surface area contributed by atoms with E-state index in [1.807, 2.05) is 0 Å². The van der Waals surface area contributed by atoms with E-state index >= 15 is 0 Å². The summed E-state index contributed by atoms with van der Waals surface area (Å²) in [7, 11) is 0. The average molecular weight is 303 g/mol. The van der Waals surface area contributed by atoms with Crippen LogP contribution in [0.1, 0.15) is 45.4 Å². The van der Waals surface area contributed by atoms with Crippen LogP contribution in [0.4, 0.5) is 0 Å².